The maximum absolute atomic E-state index is 15.6. The van der Waals surface area contributed by atoms with E-state index < -0.39 is 125 Å². The number of amides is 1. The van der Waals surface area contributed by atoms with E-state index in [2.05, 4.69) is 5.32 Å². The smallest absolute Gasteiger partial charge is 0.467 e. The lowest BCUT2D eigenvalue weighted by Crippen LogP contribution is -2.82. The molecule has 18 nitrogen and oxygen atoms in total. The molecule has 3 aliphatic carbocycles. The van der Waals surface area contributed by atoms with Crippen LogP contribution in [0.4, 0.5) is 9.59 Å². The molecule has 4 N–H and O–H groups in total. The van der Waals surface area contributed by atoms with Gasteiger partial charge >= 0.3 is 30.2 Å². The molecule has 63 heavy (non-hydrogen) atoms. The monoisotopic (exact) mass is 883 g/mol. The average Bonchev–Trinajstić information content (AvgIpc) is 3.74. The van der Waals surface area contributed by atoms with Crippen molar-refractivity contribution in [3.05, 3.63) is 71.2 Å². The summed E-state index contributed by atoms with van der Waals surface area (Å²) in [6.45, 7) is 13.2. The number of rotatable bonds is 11. The third kappa shape index (κ3) is 8.45. The molecule has 6 rings (SSSR count). The van der Waals surface area contributed by atoms with Gasteiger partial charge in [0.05, 0.1) is 42.5 Å². The van der Waals surface area contributed by atoms with E-state index in [-0.39, 0.29) is 35.5 Å². The van der Waals surface area contributed by atoms with Gasteiger partial charge in [-0.25, -0.2) is 19.2 Å². The molecule has 2 unspecified atom stereocenters. The highest BCUT2D eigenvalue weighted by Gasteiger charge is 2.78. The molecule has 1 aliphatic heterocycles. The molecule has 2 aromatic rings. The Morgan fingerprint density at radius 1 is 1.00 bits per heavy atom. The number of hydrogen-bond donors (Lipinski definition) is 4. The maximum Gasteiger partial charge on any atom is 0.509 e. The molecule has 1 amide bonds. The Kier molecular flexibility index (Phi) is 13.0. The van der Waals surface area contributed by atoms with Gasteiger partial charge in [0.2, 0.25) is 0 Å². The third-order valence-electron chi connectivity index (χ3n) is 12.9. The number of alkyl carbamates (subject to hydrolysis) is 1. The van der Waals surface area contributed by atoms with Gasteiger partial charge in [-0.05, 0) is 76.5 Å². The number of fused-ring (bicyclic) bond motifs is 5. The van der Waals surface area contributed by atoms with Gasteiger partial charge in [-0.1, -0.05) is 39.0 Å². The summed E-state index contributed by atoms with van der Waals surface area (Å²) in [6, 6.07) is 9.07. The van der Waals surface area contributed by atoms with Gasteiger partial charge in [-0.2, -0.15) is 0 Å². The van der Waals surface area contributed by atoms with Gasteiger partial charge < -0.3 is 58.2 Å². The minimum absolute atomic E-state index is 0.0391. The van der Waals surface area contributed by atoms with Gasteiger partial charge in [0.25, 0.3) is 0 Å². The molecule has 2 saturated carbocycles. The Morgan fingerprint density at radius 2 is 1.68 bits per heavy atom. The predicted molar refractivity (Wildman–Crippen MR) is 216 cm³/mol. The number of ketones is 1. The van der Waals surface area contributed by atoms with Crippen molar-refractivity contribution >= 4 is 35.9 Å². The van der Waals surface area contributed by atoms with E-state index in [1.807, 2.05) is 0 Å². The Hall–Kier alpha value is -5.30. The molecule has 11 atom stereocenters. The van der Waals surface area contributed by atoms with Crippen LogP contribution in [-0.2, 0) is 47.5 Å². The second-order valence-corrected chi connectivity index (χ2v) is 18.4. The fraction of sp³-hybridized carbons (Fsp3) is 0.600. The molecule has 18 heteroatoms. The first-order valence-electron chi connectivity index (χ1n) is 20.9. The van der Waals surface area contributed by atoms with E-state index in [0.717, 1.165) is 6.92 Å². The number of aliphatic hydroxyl groups is 3. The Morgan fingerprint density at radius 3 is 2.25 bits per heavy atom. The van der Waals surface area contributed by atoms with Crippen molar-refractivity contribution in [3.8, 4) is 0 Å². The van der Waals surface area contributed by atoms with Crippen LogP contribution >= 0.6 is 0 Å². The lowest BCUT2D eigenvalue weighted by Gasteiger charge is -2.67. The first kappa shape index (κ1) is 47.2. The van der Waals surface area contributed by atoms with Crippen molar-refractivity contribution in [3.63, 3.8) is 0 Å². The van der Waals surface area contributed by atoms with Crippen LogP contribution in [0.15, 0.2) is 64.3 Å². The summed E-state index contributed by atoms with van der Waals surface area (Å²) in [5.74, 6) is -5.81. The highest BCUT2D eigenvalue weighted by molar-refractivity contribution is 5.95. The Balaban J connectivity index is 1.54. The summed E-state index contributed by atoms with van der Waals surface area (Å²) >= 11 is 0. The maximum atomic E-state index is 15.6. The summed E-state index contributed by atoms with van der Waals surface area (Å²) in [6.07, 6.45) is -11.5. The Bertz CT molecular complexity index is 2110. The lowest BCUT2D eigenvalue weighted by molar-refractivity contribution is -0.344. The second kappa shape index (κ2) is 17.3. The summed E-state index contributed by atoms with van der Waals surface area (Å²) in [4.78, 5) is 83.5. The van der Waals surface area contributed by atoms with Crippen LogP contribution in [0.1, 0.15) is 104 Å². The second-order valence-electron chi connectivity index (χ2n) is 18.4. The number of carbonyl (C=O) groups excluding carboxylic acids is 6. The van der Waals surface area contributed by atoms with E-state index >= 15 is 4.79 Å². The van der Waals surface area contributed by atoms with E-state index in [0.29, 0.717) is 6.42 Å². The summed E-state index contributed by atoms with van der Waals surface area (Å²) in [7, 11) is 0. The summed E-state index contributed by atoms with van der Waals surface area (Å²) in [5.41, 5.74) is -9.04. The third-order valence-corrected chi connectivity index (χ3v) is 12.9. The number of Topliss-reactive ketones (excluding diaryl/α,β-unsaturated/α-hetero) is 1. The van der Waals surface area contributed by atoms with Crippen LogP contribution in [0.5, 0.6) is 0 Å². The molecule has 4 aliphatic rings. The van der Waals surface area contributed by atoms with E-state index in [4.69, 9.17) is 37.6 Å². The SMILES string of the molecule is CCCOC(=O)O[C@@]12CO[C@@H]1C[C@H](O)[C@@]1(C)C(=O)[C@H](OC(C)=O)C3=C(C)[C@@H](OC(=O)[C@H](O)C(NC(=O)OC(C)(C)C)c4ccco4)C[C@@](O)([C@@H](OC(=O)c4ccccc4)C12)C3(C)C. The van der Waals surface area contributed by atoms with Crippen LogP contribution in [-0.4, -0.2) is 118 Å². The standard InChI is InChI=1S/C45H57NO17/c1-10-18-57-40(54)63-44-22-58-29(44)20-28(48)43(9)34(44)36(61-37(51)25-15-12-11-13-16-25)45(55)21-27(23(2)30(42(45,7)8)33(35(43)50)59-24(3)47)60-38(52)32(49)31(26-17-14-19-56-26)46-39(53)62-41(4,5)6/h11-17,19,27-29,31-34,36,48-49,55H,10,18,20-22H2,1-9H3,(H,46,53)/t27-,28-,29+,31?,32+,33+,34?,36-,43+,44-,45+/m0/s1. The molecule has 2 bridgehead atoms. The molecule has 0 radical (unpaired) electrons. The highest BCUT2D eigenvalue weighted by Crippen LogP contribution is 2.64. The van der Waals surface area contributed by atoms with Crippen molar-refractivity contribution in [1.82, 2.24) is 5.32 Å². The fourth-order valence-electron chi connectivity index (χ4n) is 9.67. The zero-order chi connectivity index (χ0) is 46.4. The van der Waals surface area contributed by atoms with Crippen molar-refractivity contribution < 1.29 is 81.7 Å². The minimum Gasteiger partial charge on any atom is -0.467 e. The molecule has 1 aromatic heterocycles. The molecule has 1 saturated heterocycles. The average molecular weight is 884 g/mol. The molecule has 344 valence electrons. The summed E-state index contributed by atoms with van der Waals surface area (Å²) < 4.78 is 46.4. The number of aliphatic hydroxyl groups excluding tert-OH is 2. The van der Waals surface area contributed by atoms with Crippen LogP contribution in [0.25, 0.3) is 0 Å². The number of hydrogen-bond acceptors (Lipinski definition) is 17. The van der Waals surface area contributed by atoms with Crippen LogP contribution < -0.4 is 5.32 Å². The van der Waals surface area contributed by atoms with Crippen LogP contribution in [0.2, 0.25) is 0 Å². The quantitative estimate of drug-likeness (QED) is 0.138. The predicted octanol–water partition coefficient (Wildman–Crippen LogP) is 4.42. The van der Waals surface area contributed by atoms with Crippen molar-refractivity contribution in [2.24, 2.45) is 16.7 Å². The normalized spacial score (nSPS) is 31.8. The van der Waals surface area contributed by atoms with Crippen LogP contribution in [0, 0.1) is 16.7 Å². The minimum atomic E-state index is -2.46. The van der Waals surface area contributed by atoms with Crippen molar-refractivity contribution in [2.45, 2.75) is 141 Å². The van der Waals surface area contributed by atoms with Gasteiger partial charge in [0, 0.05) is 25.2 Å². The largest absolute Gasteiger partial charge is 0.509 e. The van der Waals surface area contributed by atoms with Gasteiger partial charge in [-0.15, -0.1) is 0 Å². The number of ether oxygens (including phenoxy) is 7. The van der Waals surface area contributed by atoms with Gasteiger partial charge in [0.1, 0.15) is 41.3 Å². The number of furan rings is 1. The van der Waals surface area contributed by atoms with E-state index in [1.54, 1.807) is 45.9 Å². The highest BCUT2D eigenvalue weighted by atomic mass is 16.8. The van der Waals surface area contributed by atoms with E-state index in [9.17, 15) is 39.3 Å². The van der Waals surface area contributed by atoms with Gasteiger partial charge in [-0.3, -0.25) is 9.59 Å². The number of carbonyl (C=O) groups is 6. The zero-order valence-electron chi connectivity index (χ0n) is 36.8. The van der Waals surface area contributed by atoms with Crippen molar-refractivity contribution in [1.29, 1.82) is 0 Å². The van der Waals surface area contributed by atoms with Crippen LogP contribution in [0.3, 0.4) is 0 Å². The topological polar surface area (TPSA) is 253 Å². The molecular formula is C45H57NO17. The summed E-state index contributed by atoms with van der Waals surface area (Å²) in [5, 5.41) is 39.9. The Labute approximate surface area is 364 Å². The number of benzene rings is 1. The first-order chi connectivity index (χ1) is 29.4. The molecular weight excluding hydrogens is 826 g/mol. The first-order valence-corrected chi connectivity index (χ1v) is 20.9. The molecule has 3 fully saturated rings. The van der Waals surface area contributed by atoms with E-state index in [1.165, 1.54) is 58.2 Å². The fourth-order valence-corrected chi connectivity index (χ4v) is 9.67. The number of esters is 3. The number of nitrogens with one attached hydrogen (secondary N) is 1. The van der Waals surface area contributed by atoms with Crippen molar-refractivity contribution in [2.75, 3.05) is 13.2 Å². The molecule has 0 spiro atoms. The molecule has 2 heterocycles. The lowest BCUT2D eigenvalue weighted by atomic mass is 9.44. The molecule has 1 aromatic carbocycles. The van der Waals surface area contributed by atoms with Gasteiger partial charge in [0.15, 0.2) is 23.6 Å². The zero-order valence-corrected chi connectivity index (χ0v) is 36.8.